The van der Waals surface area contributed by atoms with E-state index in [1.165, 1.54) is 18.2 Å². The Kier molecular flexibility index (Phi) is 10.2. The van der Waals surface area contributed by atoms with Gasteiger partial charge in [-0.25, -0.2) is 4.39 Å². The van der Waals surface area contributed by atoms with Gasteiger partial charge >= 0.3 is 6.18 Å². The normalized spacial score (nSPS) is 17.5. The number of methoxy groups -OCH3 is 1. The van der Waals surface area contributed by atoms with Gasteiger partial charge in [0.05, 0.1) is 42.4 Å². The lowest BCUT2D eigenvalue weighted by molar-refractivity contribution is -0.140. The zero-order valence-corrected chi connectivity index (χ0v) is 25.1. The highest BCUT2D eigenvalue weighted by molar-refractivity contribution is 5.95. The quantitative estimate of drug-likeness (QED) is 0.274. The van der Waals surface area contributed by atoms with Crippen LogP contribution in [0.25, 0.3) is 10.9 Å². The molecule has 3 aromatic rings. The number of alkyl halides is 4. The first-order valence-electron chi connectivity index (χ1n) is 14.1. The number of piperidine rings is 1. The number of nitrogens with one attached hydrogen (secondary N) is 2. The molecule has 1 amide bonds. The maximum Gasteiger partial charge on any atom is 0.406 e. The van der Waals surface area contributed by atoms with Crippen molar-refractivity contribution in [1.82, 2.24) is 24.7 Å². The average molecular weight is 603 g/mol. The minimum Gasteiger partial charge on any atom is -0.495 e. The summed E-state index contributed by atoms with van der Waals surface area (Å²) < 4.78 is 61.7. The first kappa shape index (κ1) is 32.1. The van der Waals surface area contributed by atoms with Gasteiger partial charge in [0.1, 0.15) is 18.5 Å². The van der Waals surface area contributed by atoms with Gasteiger partial charge in [0.2, 0.25) is 0 Å². The number of carbonyl (C=O) groups excluding carboxylic acids is 1. The van der Waals surface area contributed by atoms with Crippen LogP contribution in [0.3, 0.4) is 0 Å². The largest absolute Gasteiger partial charge is 0.495 e. The van der Waals surface area contributed by atoms with Gasteiger partial charge in [-0.1, -0.05) is 5.92 Å². The first-order chi connectivity index (χ1) is 20.4. The zero-order valence-electron chi connectivity index (χ0n) is 25.1. The second kappa shape index (κ2) is 13.7. The highest BCUT2D eigenvalue weighted by Crippen LogP contribution is 2.27. The number of rotatable bonds is 9. The van der Waals surface area contributed by atoms with E-state index in [-0.39, 0.29) is 30.2 Å². The van der Waals surface area contributed by atoms with Crippen LogP contribution in [-0.2, 0) is 13.1 Å². The molecule has 0 bridgehead atoms. The summed E-state index contributed by atoms with van der Waals surface area (Å²) in [6, 6.07) is 8.27. The number of pyridine rings is 1. The van der Waals surface area contributed by atoms with Gasteiger partial charge in [-0.3, -0.25) is 14.7 Å². The number of nitrogens with zero attached hydrogens (tertiary/aromatic N) is 4. The lowest BCUT2D eigenvalue weighted by Gasteiger charge is -2.37. The van der Waals surface area contributed by atoms with Crippen LogP contribution in [0.15, 0.2) is 36.5 Å². The van der Waals surface area contributed by atoms with Crippen molar-refractivity contribution in [2.45, 2.75) is 57.8 Å². The molecule has 43 heavy (non-hydrogen) atoms. The van der Waals surface area contributed by atoms with Crippen molar-refractivity contribution in [3.05, 3.63) is 53.5 Å². The molecule has 1 aliphatic heterocycles. The number of carbonyl (C=O) groups is 1. The number of ether oxygens (including phenoxy) is 1. The fourth-order valence-corrected chi connectivity index (χ4v) is 5.12. The van der Waals surface area contributed by atoms with E-state index in [1.807, 2.05) is 13.8 Å². The third kappa shape index (κ3) is 8.18. The van der Waals surface area contributed by atoms with Crippen molar-refractivity contribution < 1.29 is 27.1 Å². The van der Waals surface area contributed by atoms with E-state index in [0.29, 0.717) is 53.1 Å². The lowest BCUT2D eigenvalue weighted by atomic mass is 10.0. The molecule has 2 N–H and O–H groups in total. The molecule has 0 spiro atoms. The third-order valence-electron chi connectivity index (χ3n) is 7.47. The summed E-state index contributed by atoms with van der Waals surface area (Å²) >= 11 is 0. The Morgan fingerprint density at radius 1 is 1.23 bits per heavy atom. The molecule has 0 aliphatic carbocycles. The second-order valence-corrected chi connectivity index (χ2v) is 11.1. The molecule has 2 aromatic heterocycles. The molecule has 1 aromatic carbocycles. The average Bonchev–Trinajstić information content (AvgIpc) is 3.28. The van der Waals surface area contributed by atoms with Crippen LogP contribution in [0, 0.1) is 11.8 Å². The van der Waals surface area contributed by atoms with E-state index >= 15 is 0 Å². The topological polar surface area (TPSA) is 74.7 Å². The van der Waals surface area contributed by atoms with E-state index in [9.17, 15) is 22.4 Å². The van der Waals surface area contributed by atoms with Gasteiger partial charge in [0.15, 0.2) is 0 Å². The molecule has 0 radical (unpaired) electrons. The summed E-state index contributed by atoms with van der Waals surface area (Å²) in [6.07, 6.45) is -3.39. The third-order valence-corrected chi connectivity index (χ3v) is 7.47. The van der Waals surface area contributed by atoms with Gasteiger partial charge < -0.3 is 24.8 Å². The summed E-state index contributed by atoms with van der Waals surface area (Å²) in [5, 5.41) is 6.90. The predicted octanol–water partition coefficient (Wildman–Crippen LogP) is 4.68. The smallest absolute Gasteiger partial charge is 0.406 e. The highest BCUT2D eigenvalue weighted by atomic mass is 19.4. The molecule has 8 nitrogen and oxygen atoms in total. The van der Waals surface area contributed by atoms with E-state index in [2.05, 4.69) is 32.4 Å². The highest BCUT2D eigenvalue weighted by Gasteiger charge is 2.31. The number of likely N-dealkylation sites (tertiary alicyclic amines) is 1. The van der Waals surface area contributed by atoms with Crippen LogP contribution >= 0.6 is 0 Å². The van der Waals surface area contributed by atoms with Crippen molar-refractivity contribution in [3.63, 3.8) is 0 Å². The Balaban J connectivity index is 1.48. The van der Waals surface area contributed by atoms with Crippen molar-refractivity contribution >= 4 is 22.5 Å². The van der Waals surface area contributed by atoms with Gasteiger partial charge in [0, 0.05) is 56.8 Å². The van der Waals surface area contributed by atoms with E-state index < -0.39 is 18.9 Å². The lowest BCUT2D eigenvalue weighted by Crippen LogP contribution is -2.52. The van der Waals surface area contributed by atoms with E-state index in [4.69, 9.17) is 4.74 Å². The van der Waals surface area contributed by atoms with Crippen LogP contribution in [-0.4, -0.2) is 90.5 Å². The van der Waals surface area contributed by atoms with Crippen molar-refractivity contribution in [3.8, 4) is 17.6 Å². The summed E-state index contributed by atoms with van der Waals surface area (Å²) in [6.45, 7) is 4.48. The second-order valence-electron chi connectivity index (χ2n) is 11.1. The summed E-state index contributed by atoms with van der Waals surface area (Å²) in [5.74, 6) is 6.01. The van der Waals surface area contributed by atoms with Crippen LogP contribution in [0.1, 0.15) is 42.0 Å². The molecule has 0 saturated carbocycles. The fraction of sp³-hybridized carbons (Fsp3) is 0.484. The van der Waals surface area contributed by atoms with Crippen molar-refractivity contribution in [1.29, 1.82) is 0 Å². The minimum atomic E-state index is -4.46. The number of anilines is 1. The molecule has 1 saturated heterocycles. The van der Waals surface area contributed by atoms with Gasteiger partial charge in [0.25, 0.3) is 5.91 Å². The number of halogens is 4. The summed E-state index contributed by atoms with van der Waals surface area (Å²) in [4.78, 5) is 20.2. The van der Waals surface area contributed by atoms with Crippen LogP contribution in [0.2, 0.25) is 0 Å². The zero-order chi connectivity index (χ0) is 31.3. The summed E-state index contributed by atoms with van der Waals surface area (Å²) in [5.41, 5.74) is 2.17. The van der Waals surface area contributed by atoms with Crippen LogP contribution in [0.5, 0.6) is 5.75 Å². The molecule has 12 heteroatoms. The fourth-order valence-electron chi connectivity index (χ4n) is 5.12. The van der Waals surface area contributed by atoms with Crippen molar-refractivity contribution in [2.24, 2.45) is 0 Å². The molecule has 2 unspecified atom stereocenters. The SMILES string of the molecule is COc1cc(C(=O)N(C)C)ccc1NCC#Cc1cc2cc(CNC3CCN(C(C)C)CC3F)ncc2n1CC(F)(F)F. The Labute approximate surface area is 249 Å². The Bertz CT molecular complexity index is 1490. The molecular weight excluding hydrogens is 564 g/mol. The molecule has 4 rings (SSSR count). The maximum atomic E-state index is 14.7. The number of amides is 1. The number of fused-ring (bicyclic) bond motifs is 1. The molecule has 1 fully saturated rings. The number of hydrogen-bond donors (Lipinski definition) is 2. The van der Waals surface area contributed by atoms with E-state index in [1.54, 1.807) is 44.4 Å². The first-order valence-corrected chi connectivity index (χ1v) is 14.1. The minimum absolute atomic E-state index is 0.123. The summed E-state index contributed by atoms with van der Waals surface area (Å²) in [7, 11) is 4.79. The molecule has 3 heterocycles. The molecular formula is C31H38F4N6O2. The predicted molar refractivity (Wildman–Crippen MR) is 159 cm³/mol. The van der Waals surface area contributed by atoms with Crippen LogP contribution in [0.4, 0.5) is 23.2 Å². The van der Waals surface area contributed by atoms with Gasteiger partial charge in [-0.05, 0) is 56.5 Å². The van der Waals surface area contributed by atoms with Crippen LogP contribution < -0.4 is 15.4 Å². The van der Waals surface area contributed by atoms with Gasteiger partial charge in [-0.2, -0.15) is 13.2 Å². The number of benzene rings is 1. The molecule has 232 valence electrons. The Morgan fingerprint density at radius 2 is 2.00 bits per heavy atom. The molecule has 2 atom stereocenters. The standard InChI is InChI=1S/C31H38F4N6O2/c1-20(2)40-12-10-26(25(32)18-40)38-16-23-13-22-14-24(41(19-31(33,34)35)28(22)17-37-23)7-6-11-36-27-9-8-21(15-29(27)43-5)30(42)39(3)4/h8-9,13-15,17,20,25-26,36,38H,10-12,16,18-19H2,1-5H3. The Morgan fingerprint density at radius 3 is 2.65 bits per heavy atom. The number of hydrogen-bond acceptors (Lipinski definition) is 6. The van der Waals surface area contributed by atoms with Crippen molar-refractivity contribution in [2.75, 3.05) is 46.2 Å². The van der Waals surface area contributed by atoms with Gasteiger partial charge in [-0.15, -0.1) is 0 Å². The molecule has 1 aliphatic rings. The number of aromatic nitrogens is 2. The monoisotopic (exact) mass is 602 g/mol. The van der Waals surface area contributed by atoms with E-state index in [0.717, 1.165) is 11.1 Å². The Hall–Kier alpha value is -3.82. The maximum absolute atomic E-state index is 14.7.